The molecule has 0 aromatic carbocycles. The van der Waals surface area contributed by atoms with Crippen LogP contribution in [0.3, 0.4) is 0 Å². The molecule has 1 aliphatic carbocycles. The van der Waals surface area contributed by atoms with E-state index in [2.05, 4.69) is 9.72 Å². The summed E-state index contributed by atoms with van der Waals surface area (Å²) in [6.07, 6.45) is 4.74. The molecule has 1 aliphatic rings. The lowest BCUT2D eigenvalue weighted by Gasteiger charge is -2.13. The van der Waals surface area contributed by atoms with Gasteiger partial charge in [-0.05, 0) is 29.9 Å². The maximum Gasteiger partial charge on any atom is 0.306 e. The molecule has 6 heteroatoms. The third-order valence-electron chi connectivity index (χ3n) is 3.26. The Bertz CT molecular complexity index is 502. The van der Waals surface area contributed by atoms with E-state index in [9.17, 15) is 13.4 Å². The number of rotatable bonds is 6. The van der Waals surface area contributed by atoms with E-state index in [1.807, 2.05) is 0 Å². The summed E-state index contributed by atoms with van der Waals surface area (Å²) in [6, 6.07) is 1.34. The number of ether oxygens (including phenoxy) is 1. The monoisotopic (exact) mass is 285 g/mol. The maximum absolute atomic E-state index is 13.0. The van der Waals surface area contributed by atoms with Gasteiger partial charge in [-0.15, -0.1) is 0 Å². The molecule has 1 unspecified atom stereocenters. The number of hydrogen-bond donors (Lipinski definition) is 0. The van der Waals surface area contributed by atoms with Crippen LogP contribution in [0, 0.1) is 11.2 Å². The van der Waals surface area contributed by atoms with Crippen molar-refractivity contribution in [2.75, 3.05) is 12.9 Å². The van der Waals surface area contributed by atoms with Crippen molar-refractivity contribution in [3.05, 3.63) is 29.8 Å². The molecule has 1 aromatic heterocycles. The molecule has 0 amide bonds. The first-order valence-electron chi connectivity index (χ1n) is 6.04. The van der Waals surface area contributed by atoms with Crippen molar-refractivity contribution in [3.63, 3.8) is 0 Å². The van der Waals surface area contributed by atoms with Crippen LogP contribution in [0.5, 0.6) is 0 Å². The topological polar surface area (TPSA) is 56.3 Å². The number of pyridine rings is 1. The molecule has 19 heavy (non-hydrogen) atoms. The van der Waals surface area contributed by atoms with Gasteiger partial charge in [-0.2, -0.15) is 0 Å². The van der Waals surface area contributed by atoms with E-state index in [4.69, 9.17) is 0 Å². The molecule has 0 aliphatic heterocycles. The Morgan fingerprint density at radius 3 is 2.84 bits per heavy atom. The molecule has 0 spiro atoms. The maximum atomic E-state index is 13.0. The van der Waals surface area contributed by atoms with Gasteiger partial charge in [0.05, 0.1) is 25.5 Å². The molecular formula is C13H16FNO3S. The quantitative estimate of drug-likeness (QED) is 0.748. The highest BCUT2D eigenvalue weighted by Crippen LogP contribution is 2.49. The molecule has 1 fully saturated rings. The molecule has 0 bridgehead atoms. The van der Waals surface area contributed by atoms with Crippen LogP contribution in [-0.2, 0) is 26.1 Å². The molecule has 0 N–H and O–H groups in total. The van der Waals surface area contributed by atoms with Crippen LogP contribution < -0.4 is 0 Å². The Balaban J connectivity index is 1.89. The van der Waals surface area contributed by atoms with Gasteiger partial charge in [0, 0.05) is 22.7 Å². The number of aromatic nitrogens is 1. The molecule has 0 saturated heterocycles. The van der Waals surface area contributed by atoms with E-state index in [1.165, 1.54) is 19.4 Å². The van der Waals surface area contributed by atoms with Crippen molar-refractivity contribution in [1.82, 2.24) is 4.98 Å². The van der Waals surface area contributed by atoms with Gasteiger partial charge in [0.15, 0.2) is 0 Å². The second-order valence-corrected chi connectivity index (χ2v) is 6.45. The lowest BCUT2D eigenvalue weighted by Crippen LogP contribution is -2.18. The number of halogens is 1. The van der Waals surface area contributed by atoms with Crippen molar-refractivity contribution in [1.29, 1.82) is 0 Å². The van der Waals surface area contributed by atoms with E-state index < -0.39 is 16.6 Å². The number of carbonyl (C=O) groups is 1. The first-order valence-corrected chi connectivity index (χ1v) is 7.53. The molecule has 2 rings (SSSR count). The van der Waals surface area contributed by atoms with Gasteiger partial charge in [0.1, 0.15) is 5.82 Å². The fourth-order valence-electron chi connectivity index (χ4n) is 2.04. The lowest BCUT2D eigenvalue weighted by atomic mass is 10.1. The standard InChI is InChI=1S/C13H16FNO3S/c1-18-12(16)5-13(2-3-13)9-19(17)8-10-4-11(14)7-15-6-10/h4,6-7H,2-3,5,8-9H2,1H3. The van der Waals surface area contributed by atoms with Gasteiger partial charge in [0.2, 0.25) is 0 Å². The van der Waals surface area contributed by atoms with Crippen LogP contribution in [0.2, 0.25) is 0 Å². The van der Waals surface area contributed by atoms with Crippen molar-refractivity contribution in [2.45, 2.75) is 25.0 Å². The van der Waals surface area contributed by atoms with Crippen LogP contribution in [-0.4, -0.2) is 28.0 Å². The summed E-state index contributed by atoms with van der Waals surface area (Å²) in [5.41, 5.74) is 0.450. The molecular weight excluding hydrogens is 269 g/mol. The van der Waals surface area contributed by atoms with Crippen LogP contribution >= 0.6 is 0 Å². The predicted octanol–water partition coefficient (Wildman–Crippen LogP) is 1.81. The zero-order chi connectivity index (χ0) is 13.9. The summed E-state index contributed by atoms with van der Waals surface area (Å²) in [5.74, 6) is 0.0406. The molecule has 0 radical (unpaired) electrons. The fraction of sp³-hybridized carbons (Fsp3) is 0.538. The van der Waals surface area contributed by atoms with E-state index in [-0.39, 0.29) is 17.1 Å². The average molecular weight is 285 g/mol. The lowest BCUT2D eigenvalue weighted by molar-refractivity contribution is -0.141. The first kappa shape index (κ1) is 14.1. The highest BCUT2D eigenvalue weighted by Gasteiger charge is 2.45. The molecule has 4 nitrogen and oxygen atoms in total. The highest BCUT2D eigenvalue weighted by atomic mass is 32.2. The number of esters is 1. The van der Waals surface area contributed by atoms with E-state index in [1.54, 1.807) is 0 Å². The Kier molecular flexibility index (Phi) is 4.29. The zero-order valence-corrected chi connectivity index (χ0v) is 11.5. The van der Waals surface area contributed by atoms with Gasteiger partial charge >= 0.3 is 5.97 Å². The van der Waals surface area contributed by atoms with Crippen LogP contribution in [0.15, 0.2) is 18.5 Å². The number of carbonyl (C=O) groups excluding carboxylic acids is 1. The van der Waals surface area contributed by atoms with Gasteiger partial charge in [-0.25, -0.2) is 4.39 Å². The van der Waals surface area contributed by atoms with Crippen LogP contribution in [0.25, 0.3) is 0 Å². The molecule has 1 atom stereocenters. The summed E-state index contributed by atoms with van der Waals surface area (Å²) in [5, 5.41) is 0. The van der Waals surface area contributed by atoms with E-state index >= 15 is 0 Å². The summed E-state index contributed by atoms with van der Waals surface area (Å²) >= 11 is 0. The SMILES string of the molecule is COC(=O)CC1(CS(=O)Cc2cncc(F)c2)CC1. The first-order chi connectivity index (χ1) is 9.03. The van der Waals surface area contributed by atoms with Crippen molar-refractivity contribution >= 4 is 16.8 Å². The highest BCUT2D eigenvalue weighted by molar-refractivity contribution is 7.84. The normalized spacial score (nSPS) is 17.8. The molecule has 1 aromatic rings. The third kappa shape index (κ3) is 4.09. The summed E-state index contributed by atoms with van der Waals surface area (Å²) in [7, 11) is 0.236. The second kappa shape index (κ2) is 5.77. The Hall–Kier alpha value is -1.30. The number of methoxy groups -OCH3 is 1. The van der Waals surface area contributed by atoms with Crippen molar-refractivity contribution < 1.29 is 18.1 Å². The number of hydrogen-bond acceptors (Lipinski definition) is 4. The zero-order valence-electron chi connectivity index (χ0n) is 10.7. The van der Waals surface area contributed by atoms with Crippen molar-refractivity contribution in [2.24, 2.45) is 5.41 Å². The van der Waals surface area contributed by atoms with Gasteiger partial charge in [-0.3, -0.25) is 14.0 Å². The Morgan fingerprint density at radius 2 is 2.26 bits per heavy atom. The van der Waals surface area contributed by atoms with Gasteiger partial charge in [0.25, 0.3) is 0 Å². The Morgan fingerprint density at radius 1 is 1.53 bits per heavy atom. The molecule has 104 valence electrons. The predicted molar refractivity (Wildman–Crippen MR) is 69.2 cm³/mol. The fourth-order valence-corrected chi connectivity index (χ4v) is 3.75. The third-order valence-corrected chi connectivity index (χ3v) is 4.85. The Labute approximate surface area is 113 Å². The van der Waals surface area contributed by atoms with Gasteiger partial charge in [-0.1, -0.05) is 0 Å². The minimum Gasteiger partial charge on any atom is -0.469 e. The minimum absolute atomic E-state index is 0.168. The molecule has 1 saturated carbocycles. The largest absolute Gasteiger partial charge is 0.469 e. The van der Waals surface area contributed by atoms with Crippen LogP contribution in [0.4, 0.5) is 4.39 Å². The summed E-state index contributed by atoms with van der Waals surface area (Å²) in [6.45, 7) is 0. The molecule has 1 heterocycles. The van der Waals surface area contributed by atoms with E-state index in [0.717, 1.165) is 19.0 Å². The summed E-state index contributed by atoms with van der Waals surface area (Å²) in [4.78, 5) is 15.0. The van der Waals surface area contributed by atoms with Gasteiger partial charge < -0.3 is 4.74 Å². The van der Waals surface area contributed by atoms with Crippen molar-refractivity contribution in [3.8, 4) is 0 Å². The van der Waals surface area contributed by atoms with Crippen LogP contribution in [0.1, 0.15) is 24.8 Å². The average Bonchev–Trinajstić information content (AvgIpc) is 3.08. The second-order valence-electron chi connectivity index (χ2n) is 4.99. The summed E-state index contributed by atoms with van der Waals surface area (Å²) < 4.78 is 29.7. The minimum atomic E-state index is -1.12. The number of nitrogens with zero attached hydrogens (tertiary/aromatic N) is 1. The van der Waals surface area contributed by atoms with E-state index in [0.29, 0.717) is 17.7 Å². The smallest absolute Gasteiger partial charge is 0.306 e.